The highest BCUT2D eigenvalue weighted by molar-refractivity contribution is 9.10. The van der Waals surface area contributed by atoms with Crippen molar-refractivity contribution in [3.05, 3.63) is 63.6 Å². The van der Waals surface area contributed by atoms with Crippen molar-refractivity contribution in [3.63, 3.8) is 0 Å². The number of hydrazine groups is 1. The molecule has 0 saturated heterocycles. The maximum atomic E-state index is 12.3. The van der Waals surface area contributed by atoms with E-state index in [1.165, 1.54) is 0 Å². The number of hydrogen-bond acceptors (Lipinski definition) is 3. The normalized spacial score (nSPS) is 11.8. The van der Waals surface area contributed by atoms with Gasteiger partial charge in [-0.3, -0.25) is 10.6 Å². The molecule has 0 heterocycles. The lowest BCUT2D eigenvalue weighted by molar-refractivity contribution is 0.0940. The van der Waals surface area contributed by atoms with Crippen LogP contribution in [0.5, 0.6) is 0 Å². The van der Waals surface area contributed by atoms with Gasteiger partial charge in [-0.25, -0.2) is 0 Å². The summed E-state index contributed by atoms with van der Waals surface area (Å²) in [6.45, 7) is 3.87. The molecule has 2 aromatic rings. The number of aryl methyl sites for hydroxylation is 1. The average molecular weight is 348 g/mol. The Balaban J connectivity index is 2.12. The predicted molar refractivity (Wildman–Crippen MR) is 89.0 cm³/mol. The number of nitrogens with two attached hydrogens (primary N) is 1. The Hall–Kier alpha value is -1.85. The lowest BCUT2D eigenvalue weighted by Gasteiger charge is -2.15. The van der Waals surface area contributed by atoms with Gasteiger partial charge < -0.3 is 10.7 Å². The minimum absolute atomic E-state index is 0.0670. The fourth-order valence-corrected chi connectivity index (χ4v) is 2.52. The summed E-state index contributed by atoms with van der Waals surface area (Å²) in [5.41, 5.74) is 6.01. The number of carbonyl (C=O) groups excluding carboxylic acids is 1. The zero-order valence-corrected chi connectivity index (χ0v) is 13.6. The first-order valence-electron chi connectivity index (χ1n) is 6.65. The molecular formula is C16H18BrN3O. The van der Waals surface area contributed by atoms with Crippen LogP contribution in [0.25, 0.3) is 0 Å². The Labute approximate surface area is 132 Å². The molecule has 0 aliphatic carbocycles. The Morgan fingerprint density at radius 1 is 1.24 bits per heavy atom. The number of amides is 1. The molecule has 2 aromatic carbocycles. The van der Waals surface area contributed by atoms with Crippen molar-refractivity contribution in [2.45, 2.75) is 19.9 Å². The van der Waals surface area contributed by atoms with Gasteiger partial charge in [-0.2, -0.15) is 0 Å². The average Bonchev–Trinajstić information content (AvgIpc) is 2.47. The Bertz CT molecular complexity index is 658. The van der Waals surface area contributed by atoms with Crippen molar-refractivity contribution < 1.29 is 4.79 Å². The number of halogens is 1. The lowest BCUT2D eigenvalue weighted by atomic mass is 10.1. The molecule has 0 saturated carbocycles. The molecule has 1 amide bonds. The largest absolute Gasteiger partial charge is 0.346 e. The van der Waals surface area contributed by atoms with Crippen molar-refractivity contribution in [2.75, 3.05) is 5.43 Å². The third-order valence-electron chi connectivity index (χ3n) is 3.34. The molecule has 21 heavy (non-hydrogen) atoms. The van der Waals surface area contributed by atoms with Crippen molar-refractivity contribution in [2.24, 2.45) is 5.84 Å². The van der Waals surface area contributed by atoms with Crippen LogP contribution >= 0.6 is 15.9 Å². The van der Waals surface area contributed by atoms with Gasteiger partial charge in [-0.1, -0.05) is 28.1 Å². The number of hydrogen-bond donors (Lipinski definition) is 3. The molecule has 0 bridgehead atoms. The van der Waals surface area contributed by atoms with Gasteiger partial charge in [0.05, 0.1) is 11.7 Å². The van der Waals surface area contributed by atoms with Crippen LogP contribution in [0.4, 0.5) is 5.69 Å². The first-order valence-corrected chi connectivity index (χ1v) is 7.44. The molecule has 1 unspecified atom stereocenters. The summed E-state index contributed by atoms with van der Waals surface area (Å²) in [5, 5.41) is 2.99. The smallest absolute Gasteiger partial charge is 0.251 e. The molecule has 0 radical (unpaired) electrons. The molecule has 0 spiro atoms. The number of nitrogens with one attached hydrogen (secondary N) is 2. The zero-order chi connectivity index (χ0) is 15.4. The van der Waals surface area contributed by atoms with Crippen molar-refractivity contribution in [1.82, 2.24) is 5.32 Å². The van der Waals surface area contributed by atoms with Crippen LogP contribution in [0.2, 0.25) is 0 Å². The van der Waals surface area contributed by atoms with E-state index >= 15 is 0 Å². The van der Waals surface area contributed by atoms with E-state index < -0.39 is 0 Å². The molecule has 110 valence electrons. The van der Waals surface area contributed by atoms with Crippen LogP contribution in [0.15, 0.2) is 46.9 Å². The van der Waals surface area contributed by atoms with E-state index in [2.05, 4.69) is 26.7 Å². The van der Waals surface area contributed by atoms with Gasteiger partial charge in [0.2, 0.25) is 0 Å². The monoisotopic (exact) mass is 347 g/mol. The summed E-state index contributed by atoms with van der Waals surface area (Å²) in [7, 11) is 0. The molecule has 4 N–H and O–H groups in total. The maximum Gasteiger partial charge on any atom is 0.251 e. The maximum absolute atomic E-state index is 12.3. The molecule has 0 fully saturated rings. The van der Waals surface area contributed by atoms with E-state index in [0.717, 1.165) is 21.3 Å². The molecule has 1 atom stereocenters. The SMILES string of the molecule is Cc1cc(C(=O)NC(C)c2cccc(Br)c2)ccc1NN. The quantitative estimate of drug-likeness (QED) is 0.585. The minimum Gasteiger partial charge on any atom is -0.346 e. The number of anilines is 1. The van der Waals surface area contributed by atoms with E-state index in [9.17, 15) is 4.79 Å². The standard InChI is InChI=1S/C16H18BrN3O/c1-10-8-13(6-7-15(10)20-18)16(21)19-11(2)12-4-3-5-14(17)9-12/h3-9,11,20H,18H2,1-2H3,(H,19,21). The van der Waals surface area contributed by atoms with E-state index in [1.807, 2.05) is 44.2 Å². The highest BCUT2D eigenvalue weighted by Crippen LogP contribution is 2.19. The Kier molecular flexibility index (Phi) is 4.98. The van der Waals surface area contributed by atoms with Crippen LogP contribution in [0.3, 0.4) is 0 Å². The van der Waals surface area contributed by atoms with E-state index in [-0.39, 0.29) is 11.9 Å². The number of carbonyl (C=O) groups is 1. The number of benzene rings is 2. The van der Waals surface area contributed by atoms with Crippen molar-refractivity contribution in [3.8, 4) is 0 Å². The third-order valence-corrected chi connectivity index (χ3v) is 3.83. The molecule has 0 aliphatic heterocycles. The fraction of sp³-hybridized carbons (Fsp3) is 0.188. The van der Waals surface area contributed by atoms with Gasteiger partial charge in [0.25, 0.3) is 5.91 Å². The number of nitrogen functional groups attached to an aromatic ring is 1. The first-order chi connectivity index (χ1) is 10.0. The van der Waals surface area contributed by atoms with Crippen molar-refractivity contribution >= 4 is 27.5 Å². The summed E-state index contributed by atoms with van der Waals surface area (Å²) in [6.07, 6.45) is 0. The Morgan fingerprint density at radius 2 is 2.00 bits per heavy atom. The second kappa shape index (κ2) is 6.74. The third kappa shape index (κ3) is 3.83. The molecule has 4 nitrogen and oxygen atoms in total. The van der Waals surface area contributed by atoms with Crippen LogP contribution in [0.1, 0.15) is 34.5 Å². The first kappa shape index (κ1) is 15.5. The van der Waals surface area contributed by atoms with Crippen LogP contribution in [-0.4, -0.2) is 5.91 Å². The lowest BCUT2D eigenvalue weighted by Crippen LogP contribution is -2.26. The Morgan fingerprint density at radius 3 is 2.62 bits per heavy atom. The second-order valence-corrected chi connectivity index (χ2v) is 5.84. The fourth-order valence-electron chi connectivity index (χ4n) is 2.11. The number of rotatable bonds is 4. The van der Waals surface area contributed by atoms with Crippen LogP contribution in [0, 0.1) is 6.92 Å². The van der Waals surface area contributed by atoms with Gasteiger partial charge >= 0.3 is 0 Å². The van der Waals surface area contributed by atoms with Crippen molar-refractivity contribution in [1.29, 1.82) is 0 Å². The molecular weight excluding hydrogens is 330 g/mol. The van der Waals surface area contributed by atoms with E-state index in [0.29, 0.717) is 5.56 Å². The molecule has 0 aromatic heterocycles. The summed E-state index contributed by atoms with van der Waals surface area (Å²) in [6, 6.07) is 13.2. The van der Waals surface area contributed by atoms with Gasteiger partial charge in [0.15, 0.2) is 0 Å². The van der Waals surface area contributed by atoms with Gasteiger partial charge in [-0.05, 0) is 55.3 Å². The minimum atomic E-state index is -0.103. The predicted octanol–water partition coefficient (Wildman–Crippen LogP) is 3.53. The van der Waals surface area contributed by atoms with E-state index in [1.54, 1.807) is 12.1 Å². The summed E-state index contributed by atoms with van der Waals surface area (Å²) in [4.78, 5) is 12.3. The topological polar surface area (TPSA) is 67.2 Å². The summed E-state index contributed by atoms with van der Waals surface area (Å²) >= 11 is 3.44. The highest BCUT2D eigenvalue weighted by Gasteiger charge is 2.12. The second-order valence-electron chi connectivity index (χ2n) is 4.92. The zero-order valence-electron chi connectivity index (χ0n) is 12.0. The van der Waals surface area contributed by atoms with Crippen LogP contribution in [-0.2, 0) is 0 Å². The van der Waals surface area contributed by atoms with E-state index in [4.69, 9.17) is 5.84 Å². The molecule has 0 aliphatic rings. The summed E-state index contributed by atoms with van der Waals surface area (Å²) < 4.78 is 0.996. The molecule has 5 heteroatoms. The molecule has 2 rings (SSSR count). The van der Waals surface area contributed by atoms with Gasteiger partial charge in [-0.15, -0.1) is 0 Å². The summed E-state index contributed by atoms with van der Waals surface area (Å²) in [5.74, 6) is 5.29. The van der Waals surface area contributed by atoms with Gasteiger partial charge in [0, 0.05) is 10.0 Å². The van der Waals surface area contributed by atoms with Gasteiger partial charge in [0.1, 0.15) is 0 Å². The van der Waals surface area contributed by atoms with Crippen LogP contribution < -0.4 is 16.6 Å². The highest BCUT2D eigenvalue weighted by atomic mass is 79.9.